The molecule has 3 heteroatoms. The summed E-state index contributed by atoms with van der Waals surface area (Å²) in [5.74, 6) is 1.18. The minimum absolute atomic E-state index is 0.284. The maximum absolute atomic E-state index is 9.36. The number of ether oxygens (including phenoxy) is 1. The molecule has 2 N–H and O–H groups in total. The van der Waals surface area contributed by atoms with Crippen LogP contribution in [0.5, 0.6) is 11.5 Å². The van der Waals surface area contributed by atoms with Gasteiger partial charge in [-0.15, -0.1) is 0 Å². The number of unbranched alkanes of at least 4 members (excludes halogenated alkanes) is 4. The van der Waals surface area contributed by atoms with E-state index in [1.807, 2.05) is 24.3 Å². The highest BCUT2D eigenvalue weighted by atomic mass is 16.5. The molecule has 2 rings (SSSR count). The van der Waals surface area contributed by atoms with Crippen LogP contribution in [0.15, 0.2) is 48.5 Å². The van der Waals surface area contributed by atoms with Gasteiger partial charge in [0, 0.05) is 6.61 Å². The SMILES string of the molecule is C/C(=C/c1ccc(OCCCCCCCO)cc1)c1ccc(O)cc1. The molecule has 0 aliphatic rings. The zero-order valence-electron chi connectivity index (χ0n) is 14.9. The standard InChI is InChI=1S/C22H28O3/c1-18(20-9-11-21(24)12-10-20)17-19-7-13-22(14-8-19)25-16-6-4-2-3-5-15-23/h7-14,17,23-24H,2-6,15-16H2,1H3/b18-17-. The van der Waals surface area contributed by atoms with Crippen LogP contribution >= 0.6 is 0 Å². The van der Waals surface area contributed by atoms with Gasteiger partial charge in [-0.25, -0.2) is 0 Å². The first-order valence-electron chi connectivity index (χ1n) is 9.00. The van der Waals surface area contributed by atoms with Gasteiger partial charge in [-0.05, 0) is 60.7 Å². The van der Waals surface area contributed by atoms with E-state index in [1.165, 1.54) is 0 Å². The summed E-state index contributed by atoms with van der Waals surface area (Å²) in [6.45, 7) is 3.10. The molecule has 0 aliphatic carbocycles. The van der Waals surface area contributed by atoms with Crippen molar-refractivity contribution < 1.29 is 14.9 Å². The van der Waals surface area contributed by atoms with Crippen LogP contribution in [0.3, 0.4) is 0 Å². The van der Waals surface area contributed by atoms with Gasteiger partial charge >= 0.3 is 0 Å². The molecule has 134 valence electrons. The highest BCUT2D eigenvalue weighted by Crippen LogP contribution is 2.21. The number of benzene rings is 2. The van der Waals surface area contributed by atoms with Gasteiger partial charge in [-0.3, -0.25) is 0 Å². The van der Waals surface area contributed by atoms with Gasteiger partial charge in [-0.2, -0.15) is 0 Å². The van der Waals surface area contributed by atoms with E-state index >= 15 is 0 Å². The van der Waals surface area contributed by atoms with E-state index in [-0.39, 0.29) is 5.75 Å². The lowest BCUT2D eigenvalue weighted by molar-refractivity contribution is 0.278. The summed E-state index contributed by atoms with van der Waals surface area (Å²) in [6.07, 6.45) is 7.47. The molecule has 0 saturated carbocycles. The van der Waals surface area contributed by atoms with Gasteiger partial charge in [0.25, 0.3) is 0 Å². The number of aliphatic hydroxyl groups is 1. The second-order valence-corrected chi connectivity index (χ2v) is 6.28. The summed E-state index contributed by atoms with van der Waals surface area (Å²) in [6, 6.07) is 15.4. The lowest BCUT2D eigenvalue weighted by Crippen LogP contribution is -1.97. The molecule has 0 radical (unpaired) electrons. The number of aromatic hydroxyl groups is 1. The smallest absolute Gasteiger partial charge is 0.119 e. The van der Waals surface area contributed by atoms with Crippen molar-refractivity contribution in [2.75, 3.05) is 13.2 Å². The zero-order valence-corrected chi connectivity index (χ0v) is 14.9. The number of hydrogen-bond acceptors (Lipinski definition) is 3. The predicted octanol–water partition coefficient (Wildman–Crippen LogP) is 5.27. The average Bonchev–Trinajstić information content (AvgIpc) is 2.63. The number of rotatable bonds is 10. The van der Waals surface area contributed by atoms with Crippen molar-refractivity contribution >= 4 is 11.6 Å². The first-order valence-corrected chi connectivity index (χ1v) is 9.00. The number of aliphatic hydroxyl groups excluding tert-OH is 1. The molecule has 3 nitrogen and oxygen atoms in total. The lowest BCUT2D eigenvalue weighted by Gasteiger charge is -2.07. The number of allylic oxidation sites excluding steroid dienone is 1. The Kier molecular flexibility index (Phi) is 8.06. The Hall–Kier alpha value is -2.26. The minimum atomic E-state index is 0.284. The lowest BCUT2D eigenvalue weighted by atomic mass is 10.0. The number of hydrogen-bond donors (Lipinski definition) is 2. The highest BCUT2D eigenvalue weighted by Gasteiger charge is 1.98. The van der Waals surface area contributed by atoms with Crippen LogP contribution in [0.4, 0.5) is 0 Å². The molecular weight excluding hydrogens is 312 g/mol. The van der Waals surface area contributed by atoms with Gasteiger partial charge in [0.2, 0.25) is 0 Å². The van der Waals surface area contributed by atoms with Crippen LogP contribution in [0.2, 0.25) is 0 Å². The van der Waals surface area contributed by atoms with Crippen LogP contribution < -0.4 is 4.74 Å². The van der Waals surface area contributed by atoms with Crippen molar-refractivity contribution in [2.24, 2.45) is 0 Å². The Bertz CT molecular complexity index is 642. The van der Waals surface area contributed by atoms with Crippen LogP contribution in [0.25, 0.3) is 11.6 Å². The second kappa shape index (κ2) is 10.6. The van der Waals surface area contributed by atoms with Gasteiger partial charge in [-0.1, -0.05) is 49.6 Å². The maximum Gasteiger partial charge on any atom is 0.119 e. The Morgan fingerprint density at radius 3 is 2.20 bits per heavy atom. The minimum Gasteiger partial charge on any atom is -0.508 e. The van der Waals surface area contributed by atoms with E-state index in [0.29, 0.717) is 6.61 Å². The topological polar surface area (TPSA) is 49.7 Å². The molecule has 0 fully saturated rings. The van der Waals surface area contributed by atoms with Crippen molar-refractivity contribution in [3.8, 4) is 11.5 Å². The van der Waals surface area contributed by atoms with E-state index in [1.54, 1.807) is 12.1 Å². The van der Waals surface area contributed by atoms with E-state index in [4.69, 9.17) is 9.84 Å². The van der Waals surface area contributed by atoms with Gasteiger partial charge in [0.15, 0.2) is 0 Å². The van der Waals surface area contributed by atoms with E-state index in [0.717, 1.165) is 61.2 Å². The van der Waals surface area contributed by atoms with Crippen LogP contribution in [-0.4, -0.2) is 23.4 Å². The summed E-state index contributed by atoms with van der Waals surface area (Å²) in [5.41, 5.74) is 3.37. The summed E-state index contributed by atoms with van der Waals surface area (Å²) in [4.78, 5) is 0. The average molecular weight is 340 g/mol. The zero-order chi connectivity index (χ0) is 17.9. The molecule has 0 saturated heterocycles. The molecular formula is C22H28O3. The molecule has 0 spiro atoms. The monoisotopic (exact) mass is 340 g/mol. The number of phenolic OH excluding ortho intramolecular Hbond substituents is 1. The molecule has 0 heterocycles. The number of phenols is 1. The summed E-state index contributed by atoms with van der Waals surface area (Å²) >= 11 is 0. The molecule has 0 aromatic heterocycles. The molecule has 0 bridgehead atoms. The highest BCUT2D eigenvalue weighted by molar-refractivity contribution is 5.80. The Morgan fingerprint density at radius 2 is 1.52 bits per heavy atom. The summed E-state index contributed by atoms with van der Waals surface area (Å²) in [5, 5.41) is 18.1. The van der Waals surface area contributed by atoms with Crippen LogP contribution in [-0.2, 0) is 0 Å². The molecule has 0 amide bonds. The van der Waals surface area contributed by atoms with E-state index < -0.39 is 0 Å². The van der Waals surface area contributed by atoms with E-state index in [2.05, 4.69) is 25.1 Å². The van der Waals surface area contributed by atoms with Crippen molar-refractivity contribution in [2.45, 2.75) is 39.0 Å². The molecule has 0 atom stereocenters. The van der Waals surface area contributed by atoms with Crippen molar-refractivity contribution in [1.29, 1.82) is 0 Å². The Labute approximate surface area is 150 Å². The molecule has 25 heavy (non-hydrogen) atoms. The largest absolute Gasteiger partial charge is 0.508 e. The fourth-order valence-electron chi connectivity index (χ4n) is 2.65. The normalized spacial score (nSPS) is 11.5. The summed E-state index contributed by atoms with van der Waals surface area (Å²) < 4.78 is 5.77. The quantitative estimate of drug-likeness (QED) is 0.457. The maximum atomic E-state index is 9.36. The fraction of sp³-hybridized carbons (Fsp3) is 0.364. The molecule has 2 aromatic rings. The third kappa shape index (κ3) is 7.02. The Morgan fingerprint density at radius 1 is 0.880 bits per heavy atom. The van der Waals surface area contributed by atoms with Crippen LogP contribution in [0, 0.1) is 0 Å². The van der Waals surface area contributed by atoms with E-state index in [9.17, 15) is 5.11 Å². The molecule has 0 unspecified atom stereocenters. The van der Waals surface area contributed by atoms with Gasteiger partial charge in [0.05, 0.1) is 6.61 Å². The molecule has 0 aliphatic heterocycles. The van der Waals surface area contributed by atoms with Crippen molar-refractivity contribution in [1.82, 2.24) is 0 Å². The van der Waals surface area contributed by atoms with Gasteiger partial charge in [0.1, 0.15) is 11.5 Å². The second-order valence-electron chi connectivity index (χ2n) is 6.28. The third-order valence-electron chi connectivity index (χ3n) is 4.16. The van der Waals surface area contributed by atoms with Crippen LogP contribution in [0.1, 0.15) is 50.2 Å². The molecule has 2 aromatic carbocycles. The third-order valence-corrected chi connectivity index (χ3v) is 4.16. The van der Waals surface area contributed by atoms with Crippen molar-refractivity contribution in [3.63, 3.8) is 0 Å². The first kappa shape index (κ1) is 19.1. The summed E-state index contributed by atoms with van der Waals surface area (Å²) in [7, 11) is 0. The van der Waals surface area contributed by atoms with Gasteiger partial charge < -0.3 is 14.9 Å². The van der Waals surface area contributed by atoms with Crippen molar-refractivity contribution in [3.05, 3.63) is 59.7 Å². The predicted molar refractivity (Wildman–Crippen MR) is 104 cm³/mol. The fourth-order valence-corrected chi connectivity index (χ4v) is 2.65. The Balaban J connectivity index is 1.79. The first-order chi connectivity index (χ1) is 12.2.